The Morgan fingerprint density at radius 2 is 2.00 bits per heavy atom. The van der Waals surface area contributed by atoms with E-state index in [-0.39, 0.29) is 11.9 Å². The number of nitrogens with zero attached hydrogens (tertiary/aromatic N) is 3. The Labute approximate surface area is 120 Å². The summed E-state index contributed by atoms with van der Waals surface area (Å²) in [6.45, 7) is 1.32. The van der Waals surface area contributed by atoms with Crippen LogP contribution in [-0.2, 0) is 4.74 Å². The topological polar surface area (TPSA) is 72.7 Å². The predicted octanol–water partition coefficient (Wildman–Crippen LogP) is 1.90. The van der Waals surface area contributed by atoms with Crippen molar-refractivity contribution in [1.29, 1.82) is 0 Å². The van der Waals surface area contributed by atoms with E-state index in [0.29, 0.717) is 17.8 Å². The van der Waals surface area contributed by atoms with Gasteiger partial charge in [-0.05, 0) is 24.3 Å². The van der Waals surface area contributed by atoms with E-state index in [2.05, 4.69) is 10.2 Å². The molecule has 0 amide bonds. The fourth-order valence-electron chi connectivity index (χ4n) is 2.08. The fourth-order valence-corrected chi connectivity index (χ4v) is 2.08. The third-order valence-corrected chi connectivity index (χ3v) is 3.29. The second-order valence-electron chi connectivity index (χ2n) is 4.90. The lowest BCUT2D eigenvalue weighted by Crippen LogP contribution is -2.03. The first kappa shape index (κ1) is 12.2. The molecular weight excluding hydrogens is 270 g/mol. The summed E-state index contributed by atoms with van der Waals surface area (Å²) in [5.41, 5.74) is 2.00. The van der Waals surface area contributed by atoms with E-state index < -0.39 is 0 Å². The van der Waals surface area contributed by atoms with Crippen LogP contribution in [0.3, 0.4) is 0 Å². The van der Waals surface area contributed by atoms with Gasteiger partial charge in [0.15, 0.2) is 0 Å². The van der Waals surface area contributed by atoms with E-state index in [1.165, 1.54) is 4.80 Å². The molecule has 2 aromatic carbocycles. The number of rotatable bonds is 4. The Morgan fingerprint density at radius 3 is 2.81 bits per heavy atom. The Hall–Kier alpha value is -2.60. The van der Waals surface area contributed by atoms with Gasteiger partial charge in [-0.2, -0.15) is 0 Å². The number of epoxide rings is 1. The molecule has 21 heavy (non-hydrogen) atoms. The number of aromatic nitrogens is 3. The normalized spacial score (nSPS) is 17.0. The van der Waals surface area contributed by atoms with Gasteiger partial charge in [0, 0.05) is 6.07 Å². The number of phenols is 1. The van der Waals surface area contributed by atoms with Crippen molar-refractivity contribution in [3.8, 4) is 17.2 Å². The van der Waals surface area contributed by atoms with Crippen molar-refractivity contribution >= 4 is 11.0 Å². The first-order valence-electron chi connectivity index (χ1n) is 6.69. The van der Waals surface area contributed by atoms with Gasteiger partial charge in [-0.3, -0.25) is 0 Å². The standard InChI is InChI=1S/C15H13N3O3/c19-15-4-2-1-3-14(15)18-16-12-6-5-10(7-13(12)17-18)20-8-11-9-21-11/h1-7,11,19H,8-9H2. The summed E-state index contributed by atoms with van der Waals surface area (Å²) in [4.78, 5) is 1.42. The van der Waals surface area contributed by atoms with Crippen LogP contribution in [-0.4, -0.2) is 39.4 Å². The first-order chi connectivity index (χ1) is 10.3. The van der Waals surface area contributed by atoms with E-state index >= 15 is 0 Å². The molecule has 1 aliphatic heterocycles. The summed E-state index contributed by atoms with van der Waals surface area (Å²) < 4.78 is 10.7. The van der Waals surface area contributed by atoms with E-state index in [1.807, 2.05) is 24.3 Å². The van der Waals surface area contributed by atoms with Crippen LogP contribution in [0.5, 0.6) is 11.5 Å². The van der Waals surface area contributed by atoms with Gasteiger partial charge >= 0.3 is 0 Å². The maximum Gasteiger partial charge on any atom is 0.143 e. The van der Waals surface area contributed by atoms with E-state index in [1.54, 1.807) is 18.2 Å². The zero-order chi connectivity index (χ0) is 14.2. The van der Waals surface area contributed by atoms with Crippen molar-refractivity contribution in [1.82, 2.24) is 15.0 Å². The number of hydrogen-bond donors (Lipinski definition) is 1. The Bertz CT molecular complexity index is 796. The Morgan fingerprint density at radius 1 is 1.19 bits per heavy atom. The number of ether oxygens (including phenoxy) is 2. The van der Waals surface area contributed by atoms with Crippen molar-refractivity contribution in [2.24, 2.45) is 0 Å². The molecule has 1 unspecified atom stereocenters. The molecule has 0 radical (unpaired) electrons. The molecule has 1 atom stereocenters. The van der Waals surface area contributed by atoms with Crippen molar-refractivity contribution in [2.45, 2.75) is 6.10 Å². The minimum atomic E-state index is 0.139. The van der Waals surface area contributed by atoms with Crippen molar-refractivity contribution in [3.05, 3.63) is 42.5 Å². The molecule has 1 N–H and O–H groups in total. The molecular formula is C15H13N3O3. The van der Waals surface area contributed by atoms with Gasteiger partial charge in [0.2, 0.25) is 0 Å². The van der Waals surface area contributed by atoms with Gasteiger partial charge in [0.25, 0.3) is 0 Å². The Kier molecular flexibility index (Phi) is 2.75. The smallest absolute Gasteiger partial charge is 0.143 e. The van der Waals surface area contributed by atoms with Crippen LogP contribution in [0.1, 0.15) is 0 Å². The number of fused-ring (bicyclic) bond motifs is 1. The third kappa shape index (κ3) is 2.41. The quantitative estimate of drug-likeness (QED) is 0.740. The van der Waals surface area contributed by atoms with Crippen LogP contribution in [0.15, 0.2) is 42.5 Å². The number of phenolic OH excluding ortho intramolecular Hbond substituents is 1. The SMILES string of the molecule is Oc1ccccc1-n1nc2ccc(OCC3CO3)cc2n1. The lowest BCUT2D eigenvalue weighted by atomic mass is 10.3. The van der Waals surface area contributed by atoms with Gasteiger partial charge in [0.1, 0.15) is 40.9 Å². The van der Waals surface area contributed by atoms with Gasteiger partial charge in [-0.1, -0.05) is 12.1 Å². The van der Waals surface area contributed by atoms with Crippen LogP contribution >= 0.6 is 0 Å². The molecule has 0 bridgehead atoms. The van der Waals surface area contributed by atoms with Gasteiger partial charge in [0.05, 0.1) is 6.61 Å². The van der Waals surface area contributed by atoms with Crippen molar-refractivity contribution in [3.63, 3.8) is 0 Å². The highest BCUT2D eigenvalue weighted by atomic mass is 16.6. The summed E-state index contributed by atoms with van der Waals surface area (Å²) in [6, 6.07) is 12.5. The van der Waals surface area contributed by atoms with Gasteiger partial charge in [-0.25, -0.2) is 0 Å². The molecule has 2 heterocycles. The minimum Gasteiger partial charge on any atom is -0.506 e. The zero-order valence-electron chi connectivity index (χ0n) is 11.1. The average molecular weight is 283 g/mol. The van der Waals surface area contributed by atoms with Gasteiger partial charge in [-0.15, -0.1) is 15.0 Å². The maximum absolute atomic E-state index is 9.86. The largest absolute Gasteiger partial charge is 0.506 e. The molecule has 6 nitrogen and oxygen atoms in total. The average Bonchev–Trinajstić information content (AvgIpc) is 3.23. The van der Waals surface area contributed by atoms with Crippen LogP contribution in [0.2, 0.25) is 0 Å². The molecule has 106 valence electrons. The summed E-state index contributed by atoms with van der Waals surface area (Å²) in [5, 5.41) is 18.6. The van der Waals surface area contributed by atoms with Crippen molar-refractivity contribution in [2.75, 3.05) is 13.2 Å². The van der Waals surface area contributed by atoms with Crippen LogP contribution in [0.4, 0.5) is 0 Å². The molecule has 0 spiro atoms. The maximum atomic E-state index is 9.86. The van der Waals surface area contributed by atoms with Crippen molar-refractivity contribution < 1.29 is 14.6 Å². The van der Waals surface area contributed by atoms with Crippen LogP contribution in [0, 0.1) is 0 Å². The molecule has 4 rings (SSSR count). The predicted molar refractivity (Wildman–Crippen MR) is 75.8 cm³/mol. The highest BCUT2D eigenvalue weighted by molar-refractivity contribution is 5.75. The second-order valence-corrected chi connectivity index (χ2v) is 4.90. The third-order valence-electron chi connectivity index (χ3n) is 3.29. The lowest BCUT2D eigenvalue weighted by molar-refractivity contribution is 0.263. The van der Waals surface area contributed by atoms with E-state index in [4.69, 9.17) is 9.47 Å². The van der Waals surface area contributed by atoms with Gasteiger partial charge < -0.3 is 14.6 Å². The van der Waals surface area contributed by atoms with E-state index in [0.717, 1.165) is 17.9 Å². The first-order valence-corrected chi connectivity index (χ1v) is 6.69. The molecule has 0 saturated carbocycles. The number of benzene rings is 2. The Balaban J connectivity index is 1.67. The minimum absolute atomic E-state index is 0.139. The highest BCUT2D eigenvalue weighted by Gasteiger charge is 2.23. The number of para-hydroxylation sites is 2. The molecule has 1 fully saturated rings. The molecule has 0 aliphatic carbocycles. The summed E-state index contributed by atoms with van der Waals surface area (Å²) in [6.07, 6.45) is 0.220. The van der Waals surface area contributed by atoms with Crippen LogP contribution in [0.25, 0.3) is 16.7 Å². The second kappa shape index (κ2) is 4.75. The summed E-state index contributed by atoms with van der Waals surface area (Å²) >= 11 is 0. The zero-order valence-corrected chi connectivity index (χ0v) is 11.1. The lowest BCUT2D eigenvalue weighted by Gasteiger charge is -2.02. The number of hydrogen-bond acceptors (Lipinski definition) is 5. The monoisotopic (exact) mass is 283 g/mol. The molecule has 1 aromatic heterocycles. The van der Waals surface area contributed by atoms with E-state index in [9.17, 15) is 5.11 Å². The highest BCUT2D eigenvalue weighted by Crippen LogP contribution is 2.23. The molecule has 3 aromatic rings. The fraction of sp³-hybridized carbons (Fsp3) is 0.200. The molecule has 6 heteroatoms. The molecule has 1 saturated heterocycles. The summed E-state index contributed by atoms with van der Waals surface area (Å²) in [5.74, 6) is 0.877. The van der Waals surface area contributed by atoms with Crippen LogP contribution < -0.4 is 4.74 Å². The molecule has 1 aliphatic rings. The summed E-state index contributed by atoms with van der Waals surface area (Å²) in [7, 11) is 0. The number of aromatic hydroxyl groups is 1.